The van der Waals surface area contributed by atoms with Gasteiger partial charge >= 0.3 is 0 Å². The lowest BCUT2D eigenvalue weighted by Gasteiger charge is -2.27. The highest BCUT2D eigenvalue weighted by Crippen LogP contribution is 2.31. The van der Waals surface area contributed by atoms with Gasteiger partial charge in [-0.3, -0.25) is 4.79 Å². The van der Waals surface area contributed by atoms with E-state index in [2.05, 4.69) is 10.2 Å². The highest BCUT2D eigenvalue weighted by molar-refractivity contribution is 5.79. The van der Waals surface area contributed by atoms with Crippen molar-refractivity contribution in [1.82, 2.24) is 10.2 Å². The number of carbonyl (C=O) groups is 1. The Bertz CT molecular complexity index is 284. The smallest absolute Gasteiger partial charge is 0.225 e. The second-order valence-electron chi connectivity index (χ2n) is 5.99. The number of hydrogen-bond donors (Lipinski definition) is 1. The fourth-order valence-corrected chi connectivity index (χ4v) is 3.88. The summed E-state index contributed by atoms with van der Waals surface area (Å²) in [5, 5.41) is 3.43. The van der Waals surface area contributed by atoms with Crippen LogP contribution in [0.1, 0.15) is 44.9 Å². The van der Waals surface area contributed by atoms with Gasteiger partial charge in [-0.1, -0.05) is 25.7 Å². The summed E-state index contributed by atoms with van der Waals surface area (Å²) in [7, 11) is 0. The Kier molecular flexibility index (Phi) is 3.37. The molecular formula is C14H24N2O. The Labute approximate surface area is 104 Å². The quantitative estimate of drug-likeness (QED) is 0.704. The zero-order valence-corrected chi connectivity index (χ0v) is 10.7. The SMILES string of the molecule is O=C(C1CCCCCC1)N1CC[C@H]2CNC[C@H]21. The molecule has 0 aromatic heterocycles. The molecule has 2 saturated heterocycles. The van der Waals surface area contributed by atoms with Crippen molar-refractivity contribution in [2.45, 2.75) is 51.0 Å². The van der Waals surface area contributed by atoms with E-state index in [1.54, 1.807) is 0 Å². The van der Waals surface area contributed by atoms with E-state index in [9.17, 15) is 4.79 Å². The maximum Gasteiger partial charge on any atom is 0.225 e. The first kappa shape index (κ1) is 11.5. The second kappa shape index (κ2) is 4.97. The Balaban J connectivity index is 1.64. The number of amides is 1. The molecule has 1 aliphatic carbocycles. The molecule has 0 unspecified atom stereocenters. The summed E-state index contributed by atoms with van der Waals surface area (Å²) in [6, 6.07) is 0.519. The molecule has 2 aliphatic heterocycles. The monoisotopic (exact) mass is 236 g/mol. The van der Waals surface area contributed by atoms with Gasteiger partial charge in [0.2, 0.25) is 5.91 Å². The molecule has 3 fully saturated rings. The molecule has 0 aromatic rings. The van der Waals surface area contributed by atoms with Crippen LogP contribution in [0.25, 0.3) is 0 Å². The molecule has 1 amide bonds. The third-order valence-electron chi connectivity index (χ3n) is 4.93. The van der Waals surface area contributed by atoms with Crippen LogP contribution in [0.3, 0.4) is 0 Å². The first-order chi connectivity index (χ1) is 8.36. The van der Waals surface area contributed by atoms with E-state index in [1.165, 1.54) is 32.1 Å². The molecule has 17 heavy (non-hydrogen) atoms. The van der Waals surface area contributed by atoms with Crippen molar-refractivity contribution in [3.63, 3.8) is 0 Å². The van der Waals surface area contributed by atoms with Gasteiger partial charge in [-0.25, -0.2) is 0 Å². The molecular weight excluding hydrogens is 212 g/mol. The van der Waals surface area contributed by atoms with Crippen molar-refractivity contribution in [2.75, 3.05) is 19.6 Å². The molecule has 3 aliphatic rings. The standard InChI is InChI=1S/C14H24N2O/c17-14(11-5-3-1-2-4-6-11)16-8-7-12-9-15-10-13(12)16/h11-13,15H,1-10H2/t12-,13+/m0/s1. The normalized spacial score (nSPS) is 34.7. The van der Waals surface area contributed by atoms with Crippen LogP contribution in [0.4, 0.5) is 0 Å². The van der Waals surface area contributed by atoms with Crippen LogP contribution in [-0.2, 0) is 4.79 Å². The Morgan fingerprint density at radius 2 is 1.76 bits per heavy atom. The minimum atomic E-state index is 0.344. The summed E-state index contributed by atoms with van der Waals surface area (Å²) >= 11 is 0. The van der Waals surface area contributed by atoms with Crippen molar-refractivity contribution >= 4 is 5.91 Å². The fourth-order valence-electron chi connectivity index (χ4n) is 3.88. The molecule has 0 spiro atoms. The summed E-state index contributed by atoms with van der Waals surface area (Å²) in [6.45, 7) is 3.18. The van der Waals surface area contributed by atoms with E-state index in [1.807, 2.05) is 0 Å². The number of nitrogens with one attached hydrogen (secondary N) is 1. The predicted octanol–water partition coefficient (Wildman–Crippen LogP) is 1.78. The van der Waals surface area contributed by atoms with Crippen LogP contribution in [0.2, 0.25) is 0 Å². The number of fused-ring (bicyclic) bond motifs is 1. The molecule has 2 heterocycles. The van der Waals surface area contributed by atoms with Crippen LogP contribution >= 0.6 is 0 Å². The predicted molar refractivity (Wildman–Crippen MR) is 67.7 cm³/mol. The summed E-state index contributed by atoms with van der Waals surface area (Å²) in [5.74, 6) is 1.56. The van der Waals surface area contributed by atoms with E-state index in [-0.39, 0.29) is 0 Å². The summed E-state index contributed by atoms with van der Waals surface area (Å²) in [6.07, 6.45) is 8.68. The van der Waals surface area contributed by atoms with Crippen molar-refractivity contribution < 1.29 is 4.79 Å². The highest BCUT2D eigenvalue weighted by atomic mass is 16.2. The van der Waals surface area contributed by atoms with Crippen LogP contribution in [0.15, 0.2) is 0 Å². The molecule has 0 radical (unpaired) electrons. The minimum Gasteiger partial charge on any atom is -0.338 e. The summed E-state index contributed by atoms with van der Waals surface area (Å²) in [5.41, 5.74) is 0. The van der Waals surface area contributed by atoms with Gasteiger partial charge in [0, 0.05) is 31.6 Å². The number of hydrogen-bond acceptors (Lipinski definition) is 2. The van der Waals surface area contributed by atoms with Crippen LogP contribution in [0.5, 0.6) is 0 Å². The molecule has 1 N–H and O–H groups in total. The molecule has 3 heteroatoms. The third kappa shape index (κ3) is 2.22. The van der Waals surface area contributed by atoms with Crippen LogP contribution < -0.4 is 5.32 Å². The van der Waals surface area contributed by atoms with Crippen molar-refractivity contribution in [1.29, 1.82) is 0 Å². The van der Waals surface area contributed by atoms with Gasteiger partial charge in [-0.15, -0.1) is 0 Å². The lowest BCUT2D eigenvalue weighted by Crippen LogP contribution is -2.42. The van der Waals surface area contributed by atoms with E-state index < -0.39 is 0 Å². The molecule has 0 aromatic carbocycles. The molecule has 0 bridgehead atoms. The van der Waals surface area contributed by atoms with Crippen LogP contribution in [0, 0.1) is 11.8 Å². The number of carbonyl (C=O) groups excluding carboxylic acids is 1. The molecule has 3 rings (SSSR count). The van der Waals surface area contributed by atoms with E-state index in [0.29, 0.717) is 17.9 Å². The Hall–Kier alpha value is -0.570. The average Bonchev–Trinajstić information content (AvgIpc) is 2.82. The average molecular weight is 236 g/mol. The van der Waals surface area contributed by atoms with Crippen molar-refractivity contribution in [3.8, 4) is 0 Å². The van der Waals surface area contributed by atoms with Gasteiger partial charge in [-0.2, -0.15) is 0 Å². The van der Waals surface area contributed by atoms with E-state index in [4.69, 9.17) is 0 Å². The highest BCUT2D eigenvalue weighted by Gasteiger charge is 2.41. The Morgan fingerprint density at radius 1 is 1.00 bits per heavy atom. The van der Waals surface area contributed by atoms with E-state index >= 15 is 0 Å². The van der Waals surface area contributed by atoms with Gasteiger partial charge in [0.25, 0.3) is 0 Å². The largest absolute Gasteiger partial charge is 0.338 e. The van der Waals surface area contributed by atoms with Gasteiger partial charge in [0.1, 0.15) is 0 Å². The molecule has 1 saturated carbocycles. The number of nitrogens with zero attached hydrogens (tertiary/aromatic N) is 1. The maximum absolute atomic E-state index is 12.6. The lowest BCUT2D eigenvalue weighted by atomic mass is 9.98. The maximum atomic E-state index is 12.6. The van der Waals surface area contributed by atoms with Crippen molar-refractivity contribution in [2.24, 2.45) is 11.8 Å². The van der Waals surface area contributed by atoms with Crippen molar-refractivity contribution in [3.05, 3.63) is 0 Å². The Morgan fingerprint density at radius 3 is 2.53 bits per heavy atom. The molecule has 2 atom stereocenters. The van der Waals surface area contributed by atoms with Gasteiger partial charge in [0.05, 0.1) is 0 Å². The third-order valence-corrected chi connectivity index (χ3v) is 4.93. The zero-order valence-electron chi connectivity index (χ0n) is 10.7. The van der Waals surface area contributed by atoms with Gasteiger partial charge < -0.3 is 10.2 Å². The number of likely N-dealkylation sites (tertiary alicyclic amines) is 1. The minimum absolute atomic E-state index is 0.344. The van der Waals surface area contributed by atoms with Gasteiger partial charge in [-0.05, 0) is 25.2 Å². The number of rotatable bonds is 1. The summed E-state index contributed by atoms with van der Waals surface area (Å²) in [4.78, 5) is 14.8. The first-order valence-corrected chi connectivity index (χ1v) is 7.37. The van der Waals surface area contributed by atoms with Crippen LogP contribution in [-0.4, -0.2) is 36.5 Å². The van der Waals surface area contributed by atoms with E-state index in [0.717, 1.165) is 38.4 Å². The lowest BCUT2D eigenvalue weighted by molar-refractivity contribution is -0.136. The summed E-state index contributed by atoms with van der Waals surface area (Å²) < 4.78 is 0. The zero-order chi connectivity index (χ0) is 11.7. The molecule has 3 nitrogen and oxygen atoms in total. The molecule has 96 valence electrons. The topological polar surface area (TPSA) is 32.3 Å². The second-order valence-corrected chi connectivity index (χ2v) is 5.99. The fraction of sp³-hybridized carbons (Fsp3) is 0.929. The first-order valence-electron chi connectivity index (χ1n) is 7.37. The van der Waals surface area contributed by atoms with Gasteiger partial charge in [0.15, 0.2) is 0 Å².